The summed E-state index contributed by atoms with van der Waals surface area (Å²) in [5, 5.41) is 8.82. The Morgan fingerprint density at radius 1 is 1.41 bits per heavy atom. The smallest absolute Gasteiger partial charge is 0.332 e. The van der Waals surface area contributed by atoms with Crippen molar-refractivity contribution in [1.29, 1.82) is 0 Å². The van der Waals surface area contributed by atoms with Crippen molar-refractivity contribution in [3.63, 3.8) is 0 Å². The second-order valence-corrected chi connectivity index (χ2v) is 4.21. The first-order chi connectivity index (χ1) is 7.99. The topological polar surface area (TPSA) is 55.1 Å². The Labute approximate surface area is 99.2 Å². The van der Waals surface area contributed by atoms with Gasteiger partial charge in [-0.3, -0.25) is 0 Å². The van der Waals surface area contributed by atoms with Gasteiger partial charge in [0.25, 0.3) is 0 Å². The highest BCUT2D eigenvalue weighted by Crippen LogP contribution is 2.19. The molecular formula is C13H14N2O2. The summed E-state index contributed by atoms with van der Waals surface area (Å²) in [6, 6.07) is 4.03. The maximum atomic E-state index is 10.7. The molecule has 0 radical (unpaired) electrons. The summed E-state index contributed by atoms with van der Waals surface area (Å²) < 4.78 is 1.80. The van der Waals surface area contributed by atoms with Gasteiger partial charge >= 0.3 is 5.97 Å². The van der Waals surface area contributed by atoms with Crippen LogP contribution in [0.5, 0.6) is 0 Å². The lowest BCUT2D eigenvalue weighted by molar-refractivity contribution is -0.132. The van der Waals surface area contributed by atoms with Gasteiger partial charge in [0.1, 0.15) is 0 Å². The van der Waals surface area contributed by atoms with Crippen molar-refractivity contribution in [2.45, 2.75) is 20.4 Å². The van der Waals surface area contributed by atoms with Crippen LogP contribution in [0.25, 0.3) is 11.0 Å². The van der Waals surface area contributed by atoms with Crippen LogP contribution in [0.15, 0.2) is 30.6 Å². The van der Waals surface area contributed by atoms with Crippen LogP contribution in [0.1, 0.15) is 11.1 Å². The molecule has 0 saturated carbocycles. The normalized spacial score (nSPS) is 10.7. The van der Waals surface area contributed by atoms with Crippen LogP contribution in [0.3, 0.4) is 0 Å². The van der Waals surface area contributed by atoms with Gasteiger partial charge in [0, 0.05) is 5.57 Å². The minimum atomic E-state index is -0.976. The highest BCUT2D eigenvalue weighted by molar-refractivity contribution is 5.86. The van der Waals surface area contributed by atoms with Crippen molar-refractivity contribution in [1.82, 2.24) is 9.55 Å². The van der Waals surface area contributed by atoms with E-state index in [4.69, 9.17) is 5.11 Å². The summed E-state index contributed by atoms with van der Waals surface area (Å²) in [6.45, 7) is 7.84. The number of aryl methyl sites for hydroxylation is 2. The van der Waals surface area contributed by atoms with Gasteiger partial charge in [-0.05, 0) is 37.1 Å². The van der Waals surface area contributed by atoms with E-state index in [1.54, 1.807) is 10.9 Å². The lowest BCUT2D eigenvalue weighted by Gasteiger charge is -2.05. The van der Waals surface area contributed by atoms with Gasteiger partial charge in [0.2, 0.25) is 0 Å². The molecule has 4 nitrogen and oxygen atoms in total. The van der Waals surface area contributed by atoms with Crippen LogP contribution in [-0.2, 0) is 11.3 Å². The summed E-state index contributed by atoms with van der Waals surface area (Å²) in [4.78, 5) is 15.0. The molecule has 88 valence electrons. The highest BCUT2D eigenvalue weighted by atomic mass is 16.4. The largest absolute Gasteiger partial charge is 0.478 e. The van der Waals surface area contributed by atoms with Crippen molar-refractivity contribution in [2.75, 3.05) is 0 Å². The number of benzene rings is 1. The number of carboxylic acids is 1. The maximum Gasteiger partial charge on any atom is 0.332 e. The third-order valence-electron chi connectivity index (χ3n) is 2.90. The molecule has 1 N–H and O–H groups in total. The lowest BCUT2D eigenvalue weighted by Crippen LogP contribution is -2.07. The average Bonchev–Trinajstić information content (AvgIpc) is 2.62. The van der Waals surface area contributed by atoms with Gasteiger partial charge < -0.3 is 9.67 Å². The summed E-state index contributed by atoms with van der Waals surface area (Å²) in [5.74, 6) is -0.976. The van der Waals surface area contributed by atoms with E-state index in [1.807, 2.05) is 26.0 Å². The van der Waals surface area contributed by atoms with Crippen molar-refractivity contribution in [3.8, 4) is 0 Å². The molecule has 0 aliphatic carbocycles. The molecule has 2 rings (SSSR count). The maximum absolute atomic E-state index is 10.7. The number of hydrogen-bond donors (Lipinski definition) is 1. The molecule has 1 aromatic heterocycles. The molecule has 0 saturated heterocycles. The average molecular weight is 230 g/mol. The summed E-state index contributed by atoms with van der Waals surface area (Å²) in [5.41, 5.74) is 4.32. The fraction of sp³-hybridized carbons (Fsp3) is 0.231. The van der Waals surface area contributed by atoms with Gasteiger partial charge in [-0.15, -0.1) is 0 Å². The molecule has 17 heavy (non-hydrogen) atoms. The Kier molecular flexibility index (Phi) is 2.71. The van der Waals surface area contributed by atoms with E-state index in [1.165, 1.54) is 11.1 Å². The number of rotatable bonds is 3. The number of imidazole rings is 1. The first kappa shape index (κ1) is 11.4. The van der Waals surface area contributed by atoms with Crippen molar-refractivity contribution < 1.29 is 9.90 Å². The number of aromatic nitrogens is 2. The van der Waals surface area contributed by atoms with Crippen LogP contribution in [-0.4, -0.2) is 20.6 Å². The molecule has 0 bridgehead atoms. The first-order valence-electron chi connectivity index (χ1n) is 5.32. The molecule has 1 aromatic carbocycles. The summed E-state index contributed by atoms with van der Waals surface area (Å²) in [7, 11) is 0. The second kappa shape index (κ2) is 4.05. The van der Waals surface area contributed by atoms with Crippen molar-refractivity contribution >= 4 is 17.0 Å². The molecule has 0 aliphatic rings. The van der Waals surface area contributed by atoms with Crippen LogP contribution in [0, 0.1) is 13.8 Å². The number of carboxylic acid groups (broad SMARTS) is 1. The van der Waals surface area contributed by atoms with E-state index >= 15 is 0 Å². The van der Waals surface area contributed by atoms with E-state index in [0.29, 0.717) is 0 Å². The molecule has 2 aromatic rings. The predicted octanol–water partition coefficient (Wildman–Crippen LogP) is 2.29. The minimum absolute atomic E-state index is 0.155. The zero-order valence-corrected chi connectivity index (χ0v) is 9.90. The van der Waals surface area contributed by atoms with Gasteiger partial charge in [0.05, 0.1) is 23.9 Å². The Bertz CT molecular complexity index is 611. The third-order valence-corrected chi connectivity index (χ3v) is 2.90. The molecule has 0 fully saturated rings. The lowest BCUT2D eigenvalue weighted by atomic mass is 10.1. The Balaban J connectivity index is 2.46. The Hall–Kier alpha value is -2.10. The number of aliphatic carboxylic acids is 1. The molecule has 0 spiro atoms. The molecule has 0 amide bonds. The molecule has 0 atom stereocenters. The molecular weight excluding hydrogens is 216 g/mol. The summed E-state index contributed by atoms with van der Waals surface area (Å²) in [6.07, 6.45) is 1.65. The van der Waals surface area contributed by atoms with E-state index in [0.717, 1.165) is 11.0 Å². The zero-order valence-electron chi connectivity index (χ0n) is 9.90. The quantitative estimate of drug-likeness (QED) is 0.823. The number of hydrogen-bond acceptors (Lipinski definition) is 2. The fourth-order valence-corrected chi connectivity index (χ4v) is 1.71. The van der Waals surface area contributed by atoms with Gasteiger partial charge in [-0.2, -0.15) is 0 Å². The first-order valence-corrected chi connectivity index (χ1v) is 5.32. The second-order valence-electron chi connectivity index (χ2n) is 4.21. The Morgan fingerprint density at radius 2 is 2.06 bits per heavy atom. The van der Waals surface area contributed by atoms with E-state index in [-0.39, 0.29) is 12.1 Å². The highest BCUT2D eigenvalue weighted by Gasteiger charge is 2.09. The third kappa shape index (κ3) is 2.06. The van der Waals surface area contributed by atoms with Gasteiger partial charge in [-0.25, -0.2) is 9.78 Å². The number of carbonyl (C=O) groups is 1. The molecule has 4 heteroatoms. The van der Waals surface area contributed by atoms with Gasteiger partial charge in [0.15, 0.2) is 0 Å². The predicted molar refractivity (Wildman–Crippen MR) is 66.0 cm³/mol. The number of nitrogens with zero attached hydrogens (tertiary/aromatic N) is 2. The molecule has 0 aliphatic heterocycles. The van der Waals surface area contributed by atoms with Crippen LogP contribution in [0.2, 0.25) is 0 Å². The SMILES string of the molecule is C=C(Cn1cnc2cc(C)c(C)cc21)C(=O)O. The van der Waals surface area contributed by atoms with Gasteiger partial charge in [-0.1, -0.05) is 6.58 Å². The van der Waals surface area contributed by atoms with E-state index in [9.17, 15) is 4.79 Å². The summed E-state index contributed by atoms with van der Waals surface area (Å²) >= 11 is 0. The minimum Gasteiger partial charge on any atom is -0.478 e. The van der Waals surface area contributed by atoms with E-state index < -0.39 is 5.97 Å². The monoisotopic (exact) mass is 230 g/mol. The van der Waals surface area contributed by atoms with Crippen LogP contribution < -0.4 is 0 Å². The van der Waals surface area contributed by atoms with Crippen molar-refractivity contribution in [3.05, 3.63) is 41.7 Å². The molecule has 1 heterocycles. The van der Waals surface area contributed by atoms with E-state index in [2.05, 4.69) is 11.6 Å². The fourth-order valence-electron chi connectivity index (χ4n) is 1.71. The molecule has 0 unspecified atom stereocenters. The zero-order chi connectivity index (χ0) is 12.6. The Morgan fingerprint density at radius 3 is 2.71 bits per heavy atom. The standard InChI is InChI=1S/C13H14N2O2/c1-8-4-11-12(5-9(8)2)15(7-14-11)6-10(3)13(16)17/h4-5,7H,3,6H2,1-2H3,(H,16,17). The van der Waals surface area contributed by atoms with Crippen molar-refractivity contribution in [2.24, 2.45) is 0 Å². The van der Waals surface area contributed by atoms with Crippen LogP contribution >= 0.6 is 0 Å². The number of fused-ring (bicyclic) bond motifs is 1. The van der Waals surface area contributed by atoms with Crippen LogP contribution in [0.4, 0.5) is 0 Å².